The second kappa shape index (κ2) is 15.4. The first-order valence-corrected chi connectivity index (χ1v) is 6.20. The van der Waals surface area contributed by atoms with Crippen LogP contribution in [0.15, 0.2) is 0 Å². The van der Waals surface area contributed by atoms with Crippen molar-refractivity contribution in [1.29, 1.82) is 0 Å². The molecule has 0 bridgehead atoms. The predicted octanol–water partition coefficient (Wildman–Crippen LogP) is 2.30. The van der Waals surface area contributed by atoms with Gasteiger partial charge in [0.25, 0.3) is 0 Å². The van der Waals surface area contributed by atoms with Crippen molar-refractivity contribution in [2.24, 2.45) is 0 Å². The van der Waals surface area contributed by atoms with Crippen molar-refractivity contribution in [2.45, 2.75) is 60.5 Å². The summed E-state index contributed by atoms with van der Waals surface area (Å²) in [7, 11) is 1.00. The predicted molar refractivity (Wildman–Crippen MR) is 73.1 cm³/mol. The molecule has 0 radical (unpaired) electrons. The molecule has 0 heterocycles. The minimum atomic E-state index is -0.211. The van der Waals surface area contributed by atoms with Gasteiger partial charge in [-0.3, -0.25) is 9.69 Å². The van der Waals surface area contributed by atoms with E-state index in [0.29, 0.717) is 18.7 Å². The van der Waals surface area contributed by atoms with Crippen molar-refractivity contribution in [3.8, 4) is 0 Å². The lowest BCUT2D eigenvalue weighted by atomic mass is 10.2. The first-order chi connectivity index (χ1) is 7.86. The van der Waals surface area contributed by atoms with Gasteiger partial charge in [-0.15, -0.1) is 0 Å². The quantitative estimate of drug-likeness (QED) is 0.777. The standard InChI is InChI=1S/C8H19N.C4H8O2.CH4O/c1-6-9(7(2)3)8(4)5;1-3-6-4(2)5;1-2/h7-8H,6H2,1-5H3;3H2,1-2H3;2H,1H3. The summed E-state index contributed by atoms with van der Waals surface area (Å²) in [5.41, 5.74) is 0. The van der Waals surface area contributed by atoms with Crippen molar-refractivity contribution in [3.63, 3.8) is 0 Å². The maximum absolute atomic E-state index is 9.82. The van der Waals surface area contributed by atoms with E-state index in [1.165, 1.54) is 6.92 Å². The molecule has 0 saturated heterocycles. The van der Waals surface area contributed by atoms with Gasteiger partial charge in [0.1, 0.15) is 0 Å². The molecule has 0 spiro atoms. The number of carbonyl (C=O) groups excluding carboxylic acids is 1. The fraction of sp³-hybridized carbons (Fsp3) is 0.923. The number of hydrogen-bond donors (Lipinski definition) is 1. The summed E-state index contributed by atoms with van der Waals surface area (Å²) in [4.78, 5) is 12.3. The fourth-order valence-corrected chi connectivity index (χ4v) is 1.53. The Morgan fingerprint density at radius 3 is 1.47 bits per heavy atom. The van der Waals surface area contributed by atoms with Crippen LogP contribution in [-0.4, -0.2) is 48.3 Å². The maximum Gasteiger partial charge on any atom is 0.302 e. The van der Waals surface area contributed by atoms with Crippen LogP contribution in [0.4, 0.5) is 0 Å². The number of rotatable bonds is 4. The smallest absolute Gasteiger partial charge is 0.302 e. The van der Waals surface area contributed by atoms with Crippen LogP contribution in [0, 0.1) is 0 Å². The molecule has 0 aliphatic rings. The van der Waals surface area contributed by atoms with Gasteiger partial charge in [-0.25, -0.2) is 0 Å². The average Bonchev–Trinajstić information content (AvgIpc) is 2.21. The molecular formula is C13H31NO3. The Morgan fingerprint density at radius 2 is 1.47 bits per heavy atom. The van der Waals surface area contributed by atoms with E-state index in [2.05, 4.69) is 44.3 Å². The Labute approximate surface area is 107 Å². The van der Waals surface area contributed by atoms with Gasteiger partial charge < -0.3 is 9.84 Å². The molecule has 106 valence electrons. The molecule has 0 aromatic heterocycles. The van der Waals surface area contributed by atoms with Crippen LogP contribution in [0.1, 0.15) is 48.5 Å². The molecule has 0 aliphatic carbocycles. The Kier molecular flexibility index (Phi) is 19.6. The summed E-state index contributed by atoms with van der Waals surface area (Å²) in [5.74, 6) is -0.211. The normalized spacial score (nSPS) is 9.41. The topological polar surface area (TPSA) is 49.8 Å². The largest absolute Gasteiger partial charge is 0.466 e. The molecule has 1 N–H and O–H groups in total. The van der Waals surface area contributed by atoms with E-state index < -0.39 is 0 Å². The summed E-state index contributed by atoms with van der Waals surface area (Å²) in [6, 6.07) is 1.38. The highest BCUT2D eigenvalue weighted by Crippen LogP contribution is 2.02. The molecule has 0 fully saturated rings. The van der Waals surface area contributed by atoms with Gasteiger partial charge in [0.2, 0.25) is 0 Å². The third-order valence-corrected chi connectivity index (χ3v) is 2.04. The minimum Gasteiger partial charge on any atom is -0.466 e. The summed E-state index contributed by atoms with van der Waals surface area (Å²) in [6.45, 7) is 16.0. The first-order valence-electron chi connectivity index (χ1n) is 6.20. The van der Waals surface area contributed by atoms with Crippen LogP contribution in [-0.2, 0) is 9.53 Å². The van der Waals surface area contributed by atoms with Gasteiger partial charge in [-0.1, -0.05) is 6.92 Å². The van der Waals surface area contributed by atoms with Crippen molar-refractivity contribution < 1.29 is 14.6 Å². The monoisotopic (exact) mass is 249 g/mol. The van der Waals surface area contributed by atoms with E-state index >= 15 is 0 Å². The molecule has 0 aliphatic heterocycles. The van der Waals surface area contributed by atoms with E-state index in [9.17, 15) is 4.79 Å². The molecule has 0 unspecified atom stereocenters. The highest BCUT2D eigenvalue weighted by atomic mass is 16.5. The molecule has 0 saturated carbocycles. The molecule has 0 aromatic rings. The van der Waals surface area contributed by atoms with Crippen LogP contribution in [0.25, 0.3) is 0 Å². The van der Waals surface area contributed by atoms with Crippen molar-refractivity contribution in [1.82, 2.24) is 4.90 Å². The number of esters is 1. The Morgan fingerprint density at radius 1 is 1.12 bits per heavy atom. The maximum atomic E-state index is 9.82. The number of ether oxygens (including phenoxy) is 1. The van der Waals surface area contributed by atoms with Crippen LogP contribution >= 0.6 is 0 Å². The van der Waals surface area contributed by atoms with Crippen molar-refractivity contribution >= 4 is 5.97 Å². The van der Waals surface area contributed by atoms with Crippen molar-refractivity contribution in [2.75, 3.05) is 20.3 Å². The second-order valence-corrected chi connectivity index (χ2v) is 3.94. The van der Waals surface area contributed by atoms with E-state index in [1.54, 1.807) is 6.92 Å². The van der Waals surface area contributed by atoms with Gasteiger partial charge in [0.15, 0.2) is 0 Å². The zero-order valence-corrected chi connectivity index (χ0v) is 12.8. The third kappa shape index (κ3) is 18.0. The van der Waals surface area contributed by atoms with Gasteiger partial charge in [0.05, 0.1) is 6.61 Å². The summed E-state index contributed by atoms with van der Waals surface area (Å²) >= 11 is 0. The third-order valence-electron chi connectivity index (χ3n) is 2.04. The lowest BCUT2D eigenvalue weighted by Crippen LogP contribution is -2.36. The SMILES string of the molecule is CCN(C(C)C)C(C)C.CCOC(C)=O.CO. The molecular weight excluding hydrogens is 218 g/mol. The highest BCUT2D eigenvalue weighted by molar-refractivity contribution is 5.65. The molecule has 0 aromatic carbocycles. The van der Waals surface area contributed by atoms with Crippen LogP contribution in [0.5, 0.6) is 0 Å². The molecule has 0 rings (SSSR count). The zero-order chi connectivity index (χ0) is 14.4. The van der Waals surface area contributed by atoms with E-state index in [4.69, 9.17) is 5.11 Å². The molecule has 17 heavy (non-hydrogen) atoms. The van der Waals surface area contributed by atoms with Crippen LogP contribution < -0.4 is 0 Å². The summed E-state index contributed by atoms with van der Waals surface area (Å²) < 4.78 is 4.40. The van der Waals surface area contributed by atoms with Gasteiger partial charge >= 0.3 is 5.97 Å². The Bertz CT molecular complexity index is 151. The lowest BCUT2D eigenvalue weighted by molar-refractivity contribution is -0.140. The molecule has 4 heteroatoms. The van der Waals surface area contributed by atoms with Gasteiger partial charge in [-0.2, -0.15) is 0 Å². The van der Waals surface area contributed by atoms with Crippen LogP contribution in [0.3, 0.4) is 0 Å². The average molecular weight is 249 g/mol. The Hall–Kier alpha value is -0.610. The van der Waals surface area contributed by atoms with E-state index in [1.807, 2.05) is 0 Å². The molecule has 4 nitrogen and oxygen atoms in total. The second-order valence-electron chi connectivity index (χ2n) is 3.94. The molecule has 0 amide bonds. The van der Waals surface area contributed by atoms with Crippen molar-refractivity contribution in [3.05, 3.63) is 0 Å². The Balaban J connectivity index is -0.000000213. The minimum absolute atomic E-state index is 0.211. The van der Waals surface area contributed by atoms with Crippen LogP contribution in [0.2, 0.25) is 0 Å². The summed E-state index contributed by atoms with van der Waals surface area (Å²) in [6.07, 6.45) is 0. The highest BCUT2D eigenvalue weighted by Gasteiger charge is 2.08. The van der Waals surface area contributed by atoms with E-state index in [-0.39, 0.29) is 5.97 Å². The number of aliphatic hydroxyl groups is 1. The number of hydrogen-bond acceptors (Lipinski definition) is 4. The first kappa shape index (κ1) is 21.7. The molecule has 0 atom stereocenters. The number of carbonyl (C=O) groups is 1. The van der Waals surface area contributed by atoms with E-state index in [0.717, 1.165) is 13.7 Å². The number of nitrogens with zero attached hydrogens (tertiary/aromatic N) is 1. The van der Waals surface area contributed by atoms with Gasteiger partial charge in [0, 0.05) is 26.1 Å². The number of aliphatic hydroxyl groups excluding tert-OH is 1. The zero-order valence-electron chi connectivity index (χ0n) is 12.8. The van der Waals surface area contributed by atoms with Gasteiger partial charge in [-0.05, 0) is 41.2 Å². The lowest BCUT2D eigenvalue weighted by Gasteiger charge is -2.28. The fourth-order valence-electron chi connectivity index (χ4n) is 1.53. The summed E-state index contributed by atoms with van der Waals surface area (Å²) in [5, 5.41) is 7.00.